The van der Waals surface area contributed by atoms with Crippen LogP contribution in [0.2, 0.25) is 0 Å². The number of hydrogen-bond acceptors (Lipinski definition) is 2. The van der Waals surface area contributed by atoms with Gasteiger partial charge in [-0.05, 0) is 12.3 Å². The molecule has 0 spiro atoms. The van der Waals surface area contributed by atoms with Crippen LogP contribution in [0.4, 0.5) is 4.79 Å². The molecule has 2 unspecified atom stereocenters. The molecule has 0 aliphatic carbocycles. The van der Waals surface area contributed by atoms with E-state index in [-0.39, 0.29) is 17.5 Å². The Labute approximate surface area is 85.3 Å². The maximum Gasteiger partial charge on any atom is 0.407 e. The number of nitrogens with one attached hydrogen (secondary N) is 1. The van der Waals surface area contributed by atoms with Gasteiger partial charge in [0.1, 0.15) is 0 Å². The van der Waals surface area contributed by atoms with Crippen molar-refractivity contribution in [3.8, 4) is 0 Å². The van der Waals surface area contributed by atoms with Gasteiger partial charge < -0.3 is 15.3 Å². The summed E-state index contributed by atoms with van der Waals surface area (Å²) in [6.45, 7) is 9.58. The summed E-state index contributed by atoms with van der Waals surface area (Å²) in [7, 11) is 0. The Kier molecular flexibility index (Phi) is 3.04. The maximum atomic E-state index is 10.9. The lowest BCUT2D eigenvalue weighted by atomic mass is 9.85. The molecular weight excluding hydrogens is 180 g/mol. The van der Waals surface area contributed by atoms with Gasteiger partial charge in [0.15, 0.2) is 0 Å². The monoisotopic (exact) mass is 200 g/mol. The molecule has 4 nitrogen and oxygen atoms in total. The van der Waals surface area contributed by atoms with Gasteiger partial charge in [0, 0.05) is 25.2 Å². The fourth-order valence-corrected chi connectivity index (χ4v) is 1.75. The minimum Gasteiger partial charge on any atom is -0.465 e. The molecule has 0 aromatic carbocycles. The summed E-state index contributed by atoms with van der Waals surface area (Å²) >= 11 is 0. The predicted molar refractivity (Wildman–Crippen MR) is 55.4 cm³/mol. The first kappa shape index (κ1) is 11.3. The highest BCUT2D eigenvalue weighted by molar-refractivity contribution is 5.65. The van der Waals surface area contributed by atoms with E-state index in [1.807, 2.05) is 6.92 Å². The van der Waals surface area contributed by atoms with E-state index in [9.17, 15) is 4.79 Å². The average molecular weight is 200 g/mol. The van der Waals surface area contributed by atoms with E-state index in [0.29, 0.717) is 13.1 Å². The zero-order valence-corrected chi connectivity index (χ0v) is 9.37. The summed E-state index contributed by atoms with van der Waals surface area (Å²) in [4.78, 5) is 12.4. The van der Waals surface area contributed by atoms with Gasteiger partial charge in [-0.2, -0.15) is 0 Å². The Bertz CT molecular complexity index is 223. The van der Waals surface area contributed by atoms with E-state index >= 15 is 0 Å². The fraction of sp³-hybridized carbons (Fsp3) is 0.900. The van der Waals surface area contributed by atoms with Crippen LogP contribution in [0.25, 0.3) is 0 Å². The summed E-state index contributed by atoms with van der Waals surface area (Å²) in [6.07, 6.45) is -0.812. The summed E-state index contributed by atoms with van der Waals surface area (Å²) < 4.78 is 0. The van der Waals surface area contributed by atoms with E-state index in [1.54, 1.807) is 0 Å². The first-order valence-corrected chi connectivity index (χ1v) is 5.04. The zero-order chi connectivity index (χ0) is 10.9. The number of amides is 1. The van der Waals surface area contributed by atoms with Crippen molar-refractivity contribution in [2.75, 3.05) is 13.1 Å². The van der Waals surface area contributed by atoms with Crippen LogP contribution in [0.3, 0.4) is 0 Å². The molecule has 0 bridgehead atoms. The molecule has 1 saturated heterocycles. The Hall–Kier alpha value is -0.770. The lowest BCUT2D eigenvalue weighted by molar-refractivity contribution is 0.0915. The Morgan fingerprint density at radius 1 is 1.43 bits per heavy atom. The quantitative estimate of drug-likeness (QED) is 0.621. The predicted octanol–water partition coefficient (Wildman–Crippen LogP) is 1.37. The molecule has 14 heavy (non-hydrogen) atoms. The van der Waals surface area contributed by atoms with E-state index in [1.165, 1.54) is 4.90 Å². The van der Waals surface area contributed by atoms with Gasteiger partial charge in [-0.3, -0.25) is 0 Å². The van der Waals surface area contributed by atoms with Crippen LogP contribution in [0.1, 0.15) is 27.7 Å². The Morgan fingerprint density at radius 3 is 2.43 bits per heavy atom. The van der Waals surface area contributed by atoms with Gasteiger partial charge in [0.25, 0.3) is 0 Å². The van der Waals surface area contributed by atoms with E-state index < -0.39 is 6.09 Å². The third-order valence-corrected chi connectivity index (χ3v) is 2.70. The van der Waals surface area contributed by atoms with Crippen molar-refractivity contribution in [3.63, 3.8) is 0 Å². The van der Waals surface area contributed by atoms with Crippen molar-refractivity contribution < 1.29 is 9.90 Å². The largest absolute Gasteiger partial charge is 0.465 e. The molecule has 4 heteroatoms. The normalized spacial score (nSPS) is 29.0. The highest BCUT2D eigenvalue weighted by Crippen LogP contribution is 2.23. The second-order valence-corrected chi connectivity index (χ2v) is 5.17. The van der Waals surface area contributed by atoms with Crippen LogP contribution in [-0.4, -0.2) is 41.3 Å². The van der Waals surface area contributed by atoms with Crippen LogP contribution in [0.15, 0.2) is 0 Å². The number of carboxylic acid groups (broad SMARTS) is 1. The zero-order valence-electron chi connectivity index (χ0n) is 9.37. The first-order valence-electron chi connectivity index (χ1n) is 5.04. The van der Waals surface area contributed by atoms with E-state index in [4.69, 9.17) is 5.11 Å². The molecule has 2 N–H and O–H groups in total. The lowest BCUT2D eigenvalue weighted by Gasteiger charge is -2.42. The summed E-state index contributed by atoms with van der Waals surface area (Å²) in [6, 6.07) is 0.478. The molecule has 0 aromatic heterocycles. The Balaban J connectivity index is 2.68. The SMILES string of the molecule is CC1CN(C(=O)O)CC(C(C)(C)C)N1. The van der Waals surface area contributed by atoms with Gasteiger partial charge in [-0.1, -0.05) is 20.8 Å². The molecule has 0 aromatic rings. The summed E-state index contributed by atoms with van der Waals surface area (Å²) in [5.41, 5.74) is 0.0996. The van der Waals surface area contributed by atoms with Gasteiger partial charge in [-0.25, -0.2) is 4.79 Å². The molecule has 1 fully saturated rings. The van der Waals surface area contributed by atoms with Crippen molar-refractivity contribution in [1.29, 1.82) is 0 Å². The van der Waals surface area contributed by atoms with E-state index in [0.717, 1.165) is 0 Å². The molecule has 1 aliphatic heterocycles. The highest BCUT2D eigenvalue weighted by atomic mass is 16.4. The smallest absolute Gasteiger partial charge is 0.407 e. The van der Waals surface area contributed by atoms with Crippen LogP contribution in [0.5, 0.6) is 0 Å². The minimum atomic E-state index is -0.812. The minimum absolute atomic E-state index is 0.0996. The standard InChI is InChI=1S/C10H20N2O2/c1-7-5-12(9(13)14)6-8(11-7)10(2,3)4/h7-8,11H,5-6H2,1-4H3,(H,13,14). The topological polar surface area (TPSA) is 52.6 Å². The lowest BCUT2D eigenvalue weighted by Crippen LogP contribution is -2.60. The Morgan fingerprint density at radius 2 is 2.00 bits per heavy atom. The molecule has 1 rings (SSSR count). The third-order valence-electron chi connectivity index (χ3n) is 2.70. The van der Waals surface area contributed by atoms with Crippen molar-refractivity contribution in [1.82, 2.24) is 10.2 Å². The van der Waals surface area contributed by atoms with Crippen LogP contribution >= 0.6 is 0 Å². The number of nitrogens with zero attached hydrogens (tertiary/aromatic N) is 1. The molecule has 0 saturated carbocycles. The first-order chi connectivity index (χ1) is 6.30. The molecule has 1 heterocycles. The third kappa shape index (κ3) is 2.61. The molecule has 0 radical (unpaired) electrons. The number of piperazine rings is 1. The van der Waals surface area contributed by atoms with Gasteiger partial charge >= 0.3 is 6.09 Å². The molecule has 1 amide bonds. The van der Waals surface area contributed by atoms with Gasteiger partial charge in [-0.15, -0.1) is 0 Å². The summed E-state index contributed by atoms with van der Waals surface area (Å²) in [5, 5.41) is 12.4. The molecule has 82 valence electrons. The molecule has 1 aliphatic rings. The second kappa shape index (κ2) is 3.77. The number of hydrogen-bond donors (Lipinski definition) is 2. The van der Waals surface area contributed by atoms with Crippen LogP contribution in [-0.2, 0) is 0 Å². The van der Waals surface area contributed by atoms with Crippen molar-refractivity contribution in [2.45, 2.75) is 39.8 Å². The molecule has 2 atom stereocenters. The van der Waals surface area contributed by atoms with Crippen molar-refractivity contribution in [3.05, 3.63) is 0 Å². The summed E-state index contributed by atoms with van der Waals surface area (Å²) in [5.74, 6) is 0. The average Bonchev–Trinajstić information content (AvgIpc) is 2.01. The second-order valence-electron chi connectivity index (χ2n) is 5.17. The number of rotatable bonds is 0. The van der Waals surface area contributed by atoms with Gasteiger partial charge in [0.2, 0.25) is 0 Å². The van der Waals surface area contributed by atoms with Crippen molar-refractivity contribution in [2.24, 2.45) is 5.41 Å². The van der Waals surface area contributed by atoms with Crippen molar-refractivity contribution >= 4 is 6.09 Å². The fourth-order valence-electron chi connectivity index (χ4n) is 1.75. The maximum absolute atomic E-state index is 10.9. The van der Waals surface area contributed by atoms with Gasteiger partial charge in [0.05, 0.1) is 0 Å². The van der Waals surface area contributed by atoms with E-state index in [2.05, 4.69) is 26.1 Å². The molecular formula is C10H20N2O2. The van der Waals surface area contributed by atoms with Crippen LogP contribution < -0.4 is 5.32 Å². The number of carbonyl (C=O) groups is 1. The van der Waals surface area contributed by atoms with Crippen LogP contribution in [0, 0.1) is 5.41 Å². The highest BCUT2D eigenvalue weighted by Gasteiger charge is 2.33.